The van der Waals surface area contributed by atoms with Gasteiger partial charge in [-0.2, -0.15) is 0 Å². The van der Waals surface area contributed by atoms with E-state index in [9.17, 15) is 4.79 Å². The van der Waals surface area contributed by atoms with Gasteiger partial charge in [0, 0.05) is 0 Å². The number of imidazole rings is 1. The molecular formula is C8H8N4OS. The van der Waals surface area contributed by atoms with Crippen molar-refractivity contribution in [3.8, 4) is 0 Å². The summed E-state index contributed by atoms with van der Waals surface area (Å²) in [5.41, 5.74) is 6.64. The van der Waals surface area contributed by atoms with Gasteiger partial charge in [0.2, 0.25) is 5.95 Å². The van der Waals surface area contributed by atoms with Crippen molar-refractivity contribution < 1.29 is 4.79 Å². The van der Waals surface area contributed by atoms with Crippen LogP contribution in [0, 0.1) is 0 Å². The summed E-state index contributed by atoms with van der Waals surface area (Å²) in [6, 6.07) is 6.75. The number of H-pyrrole nitrogens is 1. The molecule has 2 amide bonds. The first-order valence-electron chi connectivity index (χ1n) is 3.91. The third kappa shape index (κ3) is 1.39. The number of urea groups is 1. The molecule has 0 saturated carbocycles. The van der Waals surface area contributed by atoms with E-state index in [2.05, 4.69) is 22.8 Å². The number of amides is 2. The van der Waals surface area contributed by atoms with Crippen molar-refractivity contribution in [1.82, 2.24) is 9.97 Å². The number of nitrogens with zero attached hydrogens (tertiary/aromatic N) is 2. The topological polar surface area (TPSA) is 75.0 Å². The van der Waals surface area contributed by atoms with Gasteiger partial charge >= 0.3 is 6.03 Å². The van der Waals surface area contributed by atoms with Gasteiger partial charge in [0.25, 0.3) is 0 Å². The molecule has 0 bridgehead atoms. The van der Waals surface area contributed by atoms with Crippen LogP contribution in [0.2, 0.25) is 0 Å². The Morgan fingerprint density at radius 1 is 1.50 bits per heavy atom. The van der Waals surface area contributed by atoms with Crippen LogP contribution in [0.5, 0.6) is 0 Å². The van der Waals surface area contributed by atoms with E-state index in [0.717, 1.165) is 15.3 Å². The first kappa shape index (κ1) is 8.89. The molecule has 2 aromatic rings. The number of aromatic amines is 1. The molecule has 14 heavy (non-hydrogen) atoms. The van der Waals surface area contributed by atoms with E-state index in [1.54, 1.807) is 0 Å². The molecule has 0 aliphatic heterocycles. The van der Waals surface area contributed by atoms with Gasteiger partial charge in [-0.3, -0.25) is 0 Å². The highest BCUT2D eigenvalue weighted by molar-refractivity contribution is 7.82. The molecule has 72 valence electrons. The number of aromatic nitrogens is 2. The Labute approximate surface area is 85.5 Å². The minimum absolute atomic E-state index is 0.321. The average molecular weight is 208 g/mol. The molecule has 0 unspecified atom stereocenters. The van der Waals surface area contributed by atoms with Gasteiger partial charge in [0.05, 0.1) is 11.0 Å². The summed E-state index contributed by atoms with van der Waals surface area (Å²) < 4.78 is 0.958. The maximum atomic E-state index is 10.8. The quantitative estimate of drug-likeness (QED) is 0.618. The van der Waals surface area contributed by atoms with Gasteiger partial charge in [-0.25, -0.2) is 14.1 Å². The van der Waals surface area contributed by atoms with E-state index in [-0.39, 0.29) is 0 Å². The number of nitrogens with two attached hydrogens (primary N) is 1. The summed E-state index contributed by atoms with van der Waals surface area (Å²) >= 11 is 3.89. The number of hydrogen-bond acceptors (Lipinski definition) is 3. The number of carbonyl (C=O) groups is 1. The minimum Gasteiger partial charge on any atom is -0.350 e. The number of nitrogens with one attached hydrogen (secondary N) is 1. The van der Waals surface area contributed by atoms with Gasteiger partial charge in [-0.1, -0.05) is 24.9 Å². The Balaban J connectivity index is 2.50. The monoisotopic (exact) mass is 208 g/mol. The second-order valence-corrected chi connectivity index (χ2v) is 3.13. The van der Waals surface area contributed by atoms with Crippen LogP contribution in [-0.2, 0) is 0 Å². The number of primary amides is 1. The van der Waals surface area contributed by atoms with Gasteiger partial charge in [0.15, 0.2) is 0 Å². The van der Waals surface area contributed by atoms with Crippen molar-refractivity contribution in [2.45, 2.75) is 0 Å². The molecule has 1 aromatic carbocycles. The Morgan fingerprint density at radius 2 is 2.21 bits per heavy atom. The van der Waals surface area contributed by atoms with Crippen LogP contribution >= 0.6 is 12.8 Å². The van der Waals surface area contributed by atoms with Gasteiger partial charge in [-0.15, -0.1) is 0 Å². The predicted molar refractivity (Wildman–Crippen MR) is 57.1 cm³/mol. The lowest BCUT2D eigenvalue weighted by Gasteiger charge is -2.06. The van der Waals surface area contributed by atoms with Crippen molar-refractivity contribution in [3.63, 3.8) is 0 Å². The fourth-order valence-electron chi connectivity index (χ4n) is 1.14. The summed E-state index contributed by atoms with van der Waals surface area (Å²) in [7, 11) is 0. The van der Waals surface area contributed by atoms with E-state index in [1.807, 2.05) is 24.3 Å². The van der Waals surface area contributed by atoms with Gasteiger partial charge < -0.3 is 10.7 Å². The van der Waals surface area contributed by atoms with Crippen LogP contribution in [0.15, 0.2) is 24.3 Å². The largest absolute Gasteiger partial charge is 0.350 e. The van der Waals surface area contributed by atoms with E-state index in [0.29, 0.717) is 5.95 Å². The summed E-state index contributed by atoms with van der Waals surface area (Å²) in [6.07, 6.45) is 0. The molecule has 6 heteroatoms. The second kappa shape index (κ2) is 3.22. The third-order valence-electron chi connectivity index (χ3n) is 1.79. The number of hydrogen-bond donors (Lipinski definition) is 3. The zero-order valence-corrected chi connectivity index (χ0v) is 8.03. The number of anilines is 1. The predicted octanol–water partition coefficient (Wildman–Crippen LogP) is 1.29. The van der Waals surface area contributed by atoms with Crippen molar-refractivity contribution in [2.24, 2.45) is 5.73 Å². The second-order valence-electron chi connectivity index (χ2n) is 2.73. The molecule has 0 atom stereocenters. The standard InChI is InChI=1S/C8H8N4OS/c9-7(13)12(14)8-10-5-3-1-2-4-6(5)11-8/h1-4,14H,(H2,9,13)(H,10,11). The Kier molecular flexibility index (Phi) is 2.05. The Hall–Kier alpha value is -1.69. The van der Waals surface area contributed by atoms with Crippen LogP contribution in [-0.4, -0.2) is 16.0 Å². The molecule has 0 saturated heterocycles. The first-order chi connectivity index (χ1) is 6.68. The molecule has 1 heterocycles. The number of fused-ring (bicyclic) bond motifs is 1. The van der Waals surface area contributed by atoms with Gasteiger partial charge in [0.1, 0.15) is 0 Å². The van der Waals surface area contributed by atoms with Crippen LogP contribution < -0.4 is 10.0 Å². The zero-order valence-electron chi connectivity index (χ0n) is 7.14. The fraction of sp³-hybridized carbons (Fsp3) is 0. The van der Waals surface area contributed by atoms with E-state index in [1.165, 1.54) is 0 Å². The van der Waals surface area contributed by atoms with E-state index < -0.39 is 6.03 Å². The van der Waals surface area contributed by atoms with Gasteiger partial charge in [-0.05, 0) is 12.1 Å². The number of thiol groups is 1. The smallest absolute Gasteiger partial charge is 0.331 e. The summed E-state index contributed by atoms with van der Waals surface area (Å²) in [4.78, 5) is 17.8. The van der Waals surface area contributed by atoms with Crippen molar-refractivity contribution in [2.75, 3.05) is 4.31 Å². The van der Waals surface area contributed by atoms with E-state index in [4.69, 9.17) is 5.73 Å². The minimum atomic E-state index is -0.674. The number of benzene rings is 1. The van der Waals surface area contributed by atoms with Crippen molar-refractivity contribution in [1.29, 1.82) is 0 Å². The number of rotatable bonds is 1. The number of carbonyl (C=O) groups excluding carboxylic acids is 1. The SMILES string of the molecule is NC(=O)N(S)c1nc2ccccc2[nH]1. The van der Waals surface area contributed by atoms with Crippen LogP contribution in [0.1, 0.15) is 0 Å². The molecule has 0 spiro atoms. The molecule has 0 fully saturated rings. The summed E-state index contributed by atoms with van der Waals surface area (Å²) in [5.74, 6) is 0.321. The molecule has 0 aliphatic rings. The highest BCUT2D eigenvalue weighted by Gasteiger charge is 2.11. The van der Waals surface area contributed by atoms with Crippen LogP contribution in [0.4, 0.5) is 10.7 Å². The maximum Gasteiger partial charge on any atom is 0.331 e. The lowest BCUT2D eigenvalue weighted by molar-refractivity contribution is 0.257. The molecule has 1 aromatic heterocycles. The van der Waals surface area contributed by atoms with E-state index >= 15 is 0 Å². The highest BCUT2D eigenvalue weighted by Crippen LogP contribution is 2.17. The van der Waals surface area contributed by atoms with Crippen molar-refractivity contribution >= 4 is 35.8 Å². The lowest BCUT2D eigenvalue weighted by Crippen LogP contribution is -2.27. The summed E-state index contributed by atoms with van der Waals surface area (Å²) in [6.45, 7) is 0. The van der Waals surface area contributed by atoms with Crippen LogP contribution in [0.3, 0.4) is 0 Å². The maximum absolute atomic E-state index is 10.8. The molecular weight excluding hydrogens is 200 g/mol. The molecule has 0 radical (unpaired) electrons. The Bertz CT molecular complexity index is 448. The third-order valence-corrected chi connectivity index (χ3v) is 2.17. The normalized spacial score (nSPS) is 10.4. The average Bonchev–Trinajstić information content (AvgIpc) is 2.59. The lowest BCUT2D eigenvalue weighted by atomic mass is 10.3. The van der Waals surface area contributed by atoms with Crippen LogP contribution in [0.25, 0.3) is 11.0 Å². The van der Waals surface area contributed by atoms with Crippen molar-refractivity contribution in [3.05, 3.63) is 24.3 Å². The molecule has 5 nitrogen and oxygen atoms in total. The fourth-order valence-corrected chi connectivity index (χ4v) is 1.24. The number of para-hydroxylation sites is 2. The molecule has 0 aliphatic carbocycles. The zero-order chi connectivity index (χ0) is 10.1. The first-order valence-corrected chi connectivity index (χ1v) is 4.31. The molecule has 3 N–H and O–H groups in total. The summed E-state index contributed by atoms with van der Waals surface area (Å²) in [5, 5.41) is 0. The Morgan fingerprint density at radius 3 is 2.86 bits per heavy atom. The molecule has 2 rings (SSSR count). The highest BCUT2D eigenvalue weighted by atomic mass is 32.1.